The minimum absolute atomic E-state index is 0.0348. The predicted molar refractivity (Wildman–Crippen MR) is 93.7 cm³/mol. The van der Waals surface area contributed by atoms with Crippen molar-refractivity contribution in [1.29, 1.82) is 0 Å². The van der Waals surface area contributed by atoms with E-state index in [-0.39, 0.29) is 30.3 Å². The van der Waals surface area contributed by atoms with Crippen LogP contribution in [0.15, 0.2) is 35.9 Å². The van der Waals surface area contributed by atoms with Crippen LogP contribution >= 0.6 is 0 Å². The number of ketones is 1. The lowest BCUT2D eigenvalue weighted by Crippen LogP contribution is -2.56. The van der Waals surface area contributed by atoms with E-state index in [9.17, 15) is 24.5 Å². The molecular weight excluding hydrogens is 356 g/mol. The second-order valence-corrected chi connectivity index (χ2v) is 5.83. The molecule has 0 amide bonds. The van der Waals surface area contributed by atoms with Gasteiger partial charge >= 0.3 is 11.9 Å². The Balaban J connectivity index is 2.50. The zero-order valence-electron chi connectivity index (χ0n) is 15.2. The third-order valence-electron chi connectivity index (χ3n) is 4.09. The Bertz CT molecular complexity index is 780. The normalized spacial score (nSPS) is 17.7. The fourth-order valence-electron chi connectivity index (χ4n) is 2.83. The number of ether oxygens (including phenoxy) is 2. The van der Waals surface area contributed by atoms with E-state index in [1.807, 2.05) is 0 Å². The molecule has 27 heavy (non-hydrogen) atoms. The Morgan fingerprint density at radius 1 is 1.11 bits per heavy atom. The molecule has 0 aromatic heterocycles. The minimum atomic E-state index is -1.96. The smallest absolute Gasteiger partial charge is 0.342 e. The summed E-state index contributed by atoms with van der Waals surface area (Å²) in [6, 6.07) is 4.66. The number of nitro groups is 1. The van der Waals surface area contributed by atoms with Crippen LogP contribution in [0, 0.1) is 10.1 Å². The first-order valence-corrected chi connectivity index (χ1v) is 8.37. The van der Waals surface area contributed by atoms with Gasteiger partial charge in [0.2, 0.25) is 5.54 Å². The average molecular weight is 376 g/mol. The number of hydrogen-bond acceptors (Lipinski definition) is 8. The second-order valence-electron chi connectivity index (χ2n) is 5.83. The first-order chi connectivity index (χ1) is 12.8. The maximum absolute atomic E-state index is 12.5. The molecule has 0 fully saturated rings. The molecular formula is C18H20N2O7. The van der Waals surface area contributed by atoms with Gasteiger partial charge in [-0.05, 0) is 32.4 Å². The summed E-state index contributed by atoms with van der Waals surface area (Å²) in [5, 5.41) is 13.7. The van der Waals surface area contributed by atoms with Crippen LogP contribution in [0.3, 0.4) is 0 Å². The molecule has 1 aromatic carbocycles. The number of nitro benzene ring substituents is 1. The van der Waals surface area contributed by atoms with Gasteiger partial charge in [-0.3, -0.25) is 20.2 Å². The van der Waals surface area contributed by atoms with E-state index in [2.05, 4.69) is 5.32 Å². The van der Waals surface area contributed by atoms with Gasteiger partial charge in [0.15, 0.2) is 5.78 Å². The van der Waals surface area contributed by atoms with Crippen molar-refractivity contribution in [1.82, 2.24) is 5.32 Å². The molecule has 144 valence electrons. The Labute approximate surface area is 155 Å². The van der Waals surface area contributed by atoms with Crippen molar-refractivity contribution in [2.24, 2.45) is 0 Å². The van der Waals surface area contributed by atoms with E-state index in [4.69, 9.17) is 9.47 Å². The predicted octanol–water partition coefficient (Wildman–Crippen LogP) is 1.62. The third-order valence-corrected chi connectivity index (χ3v) is 4.09. The number of benzene rings is 1. The van der Waals surface area contributed by atoms with Crippen molar-refractivity contribution < 1.29 is 28.8 Å². The van der Waals surface area contributed by atoms with E-state index in [0.29, 0.717) is 5.56 Å². The number of carbonyl (C=O) groups excluding carboxylic acids is 3. The van der Waals surface area contributed by atoms with Crippen molar-refractivity contribution in [3.8, 4) is 0 Å². The number of Topliss-reactive ketones (excluding diaryl/α,β-unsaturated/α-hetero) is 1. The highest BCUT2D eigenvalue weighted by Gasteiger charge is 2.54. The fourth-order valence-corrected chi connectivity index (χ4v) is 2.83. The summed E-state index contributed by atoms with van der Waals surface area (Å²) in [6.07, 6.45) is 1.22. The Kier molecular flexibility index (Phi) is 6.06. The molecule has 1 heterocycles. The van der Waals surface area contributed by atoms with Gasteiger partial charge in [-0.2, -0.15) is 0 Å². The standard InChI is InChI=1S/C18H20N2O7/c1-4-26-16(22)18(17(23)27-5-2)10-14(11(3)21)15(19-18)12-6-8-13(9-7-12)20(24)25/h6-10,15,19H,4-5H2,1-3H3/t15-/m1/s1. The van der Waals surface area contributed by atoms with Crippen molar-refractivity contribution >= 4 is 23.4 Å². The molecule has 0 unspecified atom stereocenters. The summed E-state index contributed by atoms with van der Waals surface area (Å²) in [7, 11) is 0. The molecule has 1 aromatic rings. The van der Waals surface area contributed by atoms with E-state index in [0.717, 1.165) is 0 Å². The highest BCUT2D eigenvalue weighted by Crippen LogP contribution is 2.35. The SMILES string of the molecule is CCOC(=O)C1(C(=O)OCC)C=C(C(C)=O)[C@@H](c2ccc([N+](=O)[O-])cc2)N1. The van der Waals surface area contributed by atoms with Crippen LogP contribution in [0.4, 0.5) is 5.69 Å². The molecule has 0 saturated heterocycles. The maximum Gasteiger partial charge on any atom is 0.342 e. The average Bonchev–Trinajstić information content (AvgIpc) is 3.05. The topological polar surface area (TPSA) is 125 Å². The van der Waals surface area contributed by atoms with Gasteiger partial charge in [-0.25, -0.2) is 9.59 Å². The number of non-ortho nitro benzene ring substituents is 1. The molecule has 0 bridgehead atoms. The summed E-state index contributed by atoms with van der Waals surface area (Å²) in [5.41, 5.74) is -1.42. The first kappa shape index (κ1) is 20.2. The molecule has 1 aliphatic heterocycles. The molecule has 1 aliphatic rings. The minimum Gasteiger partial charge on any atom is -0.464 e. The number of hydrogen-bond donors (Lipinski definition) is 1. The van der Waals surface area contributed by atoms with Gasteiger partial charge in [0.05, 0.1) is 24.2 Å². The number of nitrogens with one attached hydrogen (secondary N) is 1. The molecule has 0 aliphatic carbocycles. The van der Waals surface area contributed by atoms with Gasteiger partial charge in [-0.15, -0.1) is 0 Å². The Morgan fingerprint density at radius 3 is 2.04 bits per heavy atom. The zero-order valence-corrected chi connectivity index (χ0v) is 15.2. The van der Waals surface area contributed by atoms with E-state index in [1.54, 1.807) is 13.8 Å². The lowest BCUT2D eigenvalue weighted by atomic mass is 9.97. The van der Waals surface area contributed by atoms with Crippen molar-refractivity contribution in [3.05, 3.63) is 51.6 Å². The second kappa shape index (κ2) is 8.09. The first-order valence-electron chi connectivity index (χ1n) is 8.37. The quantitative estimate of drug-likeness (QED) is 0.329. The lowest BCUT2D eigenvalue weighted by molar-refractivity contribution is -0.384. The van der Waals surface area contributed by atoms with Crippen LogP contribution < -0.4 is 5.32 Å². The Hall–Kier alpha value is -3.07. The molecule has 0 radical (unpaired) electrons. The summed E-state index contributed by atoms with van der Waals surface area (Å²) >= 11 is 0. The van der Waals surface area contributed by atoms with Crippen molar-refractivity contribution in [3.63, 3.8) is 0 Å². The third kappa shape index (κ3) is 3.87. The Morgan fingerprint density at radius 2 is 1.63 bits per heavy atom. The van der Waals surface area contributed by atoms with Gasteiger partial charge in [0.1, 0.15) is 0 Å². The highest BCUT2D eigenvalue weighted by molar-refractivity contribution is 6.11. The molecule has 2 rings (SSSR count). The summed E-state index contributed by atoms with van der Waals surface area (Å²) < 4.78 is 10.0. The van der Waals surface area contributed by atoms with Gasteiger partial charge in [0, 0.05) is 17.7 Å². The van der Waals surface area contributed by atoms with Crippen LogP contribution in [0.25, 0.3) is 0 Å². The van der Waals surface area contributed by atoms with Gasteiger partial charge in [-0.1, -0.05) is 12.1 Å². The molecule has 9 nitrogen and oxygen atoms in total. The summed E-state index contributed by atoms with van der Waals surface area (Å²) in [4.78, 5) is 47.5. The fraction of sp³-hybridized carbons (Fsp3) is 0.389. The van der Waals surface area contributed by atoms with E-state index < -0.39 is 28.4 Å². The maximum atomic E-state index is 12.5. The van der Waals surface area contributed by atoms with Crippen LogP contribution in [-0.4, -0.2) is 41.4 Å². The monoisotopic (exact) mass is 376 g/mol. The highest BCUT2D eigenvalue weighted by atomic mass is 16.6. The zero-order chi connectivity index (χ0) is 20.2. The summed E-state index contributed by atoms with van der Waals surface area (Å²) in [6.45, 7) is 4.56. The molecule has 0 spiro atoms. The largest absolute Gasteiger partial charge is 0.464 e. The van der Waals surface area contributed by atoms with Crippen LogP contribution in [0.5, 0.6) is 0 Å². The van der Waals surface area contributed by atoms with Crippen LogP contribution in [0.1, 0.15) is 32.4 Å². The van der Waals surface area contributed by atoms with E-state index in [1.165, 1.54) is 37.3 Å². The molecule has 0 saturated carbocycles. The van der Waals surface area contributed by atoms with Gasteiger partial charge in [0.25, 0.3) is 5.69 Å². The van der Waals surface area contributed by atoms with E-state index >= 15 is 0 Å². The number of rotatable bonds is 7. The molecule has 1 N–H and O–H groups in total. The number of esters is 2. The van der Waals surface area contributed by atoms with Crippen LogP contribution in [-0.2, 0) is 23.9 Å². The molecule has 9 heteroatoms. The molecule has 1 atom stereocenters. The van der Waals surface area contributed by atoms with Crippen LogP contribution in [0.2, 0.25) is 0 Å². The lowest BCUT2D eigenvalue weighted by Gasteiger charge is -2.25. The number of carbonyl (C=O) groups is 3. The summed E-state index contributed by atoms with van der Waals surface area (Å²) in [5.74, 6) is -2.13. The van der Waals surface area contributed by atoms with Gasteiger partial charge < -0.3 is 9.47 Å². The number of nitrogens with zero attached hydrogens (tertiary/aromatic N) is 1. The van der Waals surface area contributed by atoms with Crippen molar-refractivity contribution in [2.75, 3.05) is 13.2 Å². The van der Waals surface area contributed by atoms with Crippen molar-refractivity contribution in [2.45, 2.75) is 32.4 Å².